The van der Waals surface area contributed by atoms with Gasteiger partial charge in [-0.1, -0.05) is 48.5 Å². The molecule has 110 valence electrons. The summed E-state index contributed by atoms with van der Waals surface area (Å²) in [5.74, 6) is 1.34. The van der Waals surface area contributed by atoms with Gasteiger partial charge in [-0.2, -0.15) is 0 Å². The van der Waals surface area contributed by atoms with Crippen LogP contribution in [0.25, 0.3) is 0 Å². The van der Waals surface area contributed by atoms with Gasteiger partial charge in [-0.15, -0.1) is 6.58 Å². The molecule has 0 bridgehead atoms. The Hall–Kier alpha value is -2.06. The summed E-state index contributed by atoms with van der Waals surface area (Å²) in [5, 5.41) is 3.53. The molecule has 2 rings (SSSR count). The normalized spacial score (nSPS) is 11.9. The summed E-state index contributed by atoms with van der Waals surface area (Å²) >= 11 is 0. The Balaban J connectivity index is 1.93. The summed E-state index contributed by atoms with van der Waals surface area (Å²) in [6, 6.07) is 18.8. The minimum atomic E-state index is 0.442. The van der Waals surface area contributed by atoms with Crippen LogP contribution in [0, 0.1) is 0 Å². The molecular weight excluding hydrogens is 258 g/mol. The van der Waals surface area contributed by atoms with Gasteiger partial charge in [0, 0.05) is 13.1 Å². The molecule has 0 saturated carbocycles. The molecule has 0 fully saturated rings. The predicted molar refractivity (Wildman–Crippen MR) is 88.7 cm³/mol. The number of methoxy groups -OCH3 is 1. The minimum Gasteiger partial charge on any atom is -0.497 e. The smallest absolute Gasteiger partial charge is 0.118 e. The van der Waals surface area contributed by atoms with Crippen molar-refractivity contribution in [1.29, 1.82) is 0 Å². The van der Waals surface area contributed by atoms with Gasteiger partial charge < -0.3 is 10.1 Å². The van der Waals surface area contributed by atoms with E-state index in [1.54, 1.807) is 7.11 Å². The molecule has 0 saturated heterocycles. The molecule has 2 aromatic carbocycles. The van der Waals surface area contributed by atoms with Gasteiger partial charge in [0.15, 0.2) is 0 Å². The molecule has 0 aromatic heterocycles. The van der Waals surface area contributed by atoms with Gasteiger partial charge in [-0.05, 0) is 35.6 Å². The second-order valence-electron chi connectivity index (χ2n) is 5.11. The zero-order valence-electron chi connectivity index (χ0n) is 12.6. The van der Waals surface area contributed by atoms with Crippen LogP contribution in [0.1, 0.15) is 23.5 Å². The first kappa shape index (κ1) is 15.3. The van der Waals surface area contributed by atoms with Crippen molar-refractivity contribution in [3.8, 4) is 5.75 Å². The maximum absolute atomic E-state index is 5.21. The molecule has 0 aliphatic rings. The third-order valence-corrected chi connectivity index (χ3v) is 3.60. The van der Waals surface area contributed by atoms with Crippen LogP contribution in [-0.2, 0) is 6.54 Å². The van der Waals surface area contributed by atoms with Gasteiger partial charge in [-0.3, -0.25) is 0 Å². The van der Waals surface area contributed by atoms with Gasteiger partial charge in [0.05, 0.1) is 7.11 Å². The van der Waals surface area contributed by atoms with Crippen molar-refractivity contribution in [2.24, 2.45) is 0 Å². The second kappa shape index (κ2) is 8.28. The maximum Gasteiger partial charge on any atom is 0.118 e. The first-order valence-electron chi connectivity index (χ1n) is 7.33. The van der Waals surface area contributed by atoms with Crippen LogP contribution in [-0.4, -0.2) is 13.7 Å². The third-order valence-electron chi connectivity index (χ3n) is 3.60. The van der Waals surface area contributed by atoms with E-state index in [-0.39, 0.29) is 0 Å². The van der Waals surface area contributed by atoms with E-state index >= 15 is 0 Å². The highest BCUT2D eigenvalue weighted by Gasteiger charge is 2.09. The lowest BCUT2D eigenvalue weighted by Crippen LogP contribution is -2.21. The Kier molecular flexibility index (Phi) is 6.04. The molecule has 2 heteroatoms. The van der Waals surface area contributed by atoms with E-state index in [1.165, 1.54) is 11.1 Å². The summed E-state index contributed by atoms with van der Waals surface area (Å²) < 4.78 is 5.21. The summed E-state index contributed by atoms with van der Waals surface area (Å²) in [6.07, 6.45) is 2.95. The van der Waals surface area contributed by atoms with Crippen LogP contribution in [0.2, 0.25) is 0 Å². The third kappa shape index (κ3) is 4.76. The molecule has 0 amide bonds. The Morgan fingerprint density at radius 1 is 1.10 bits per heavy atom. The molecular formula is C19H23NO. The average Bonchev–Trinajstić information content (AvgIpc) is 2.55. The highest BCUT2D eigenvalue weighted by Crippen LogP contribution is 2.22. The monoisotopic (exact) mass is 281 g/mol. The van der Waals surface area contributed by atoms with Crippen LogP contribution in [0.3, 0.4) is 0 Å². The van der Waals surface area contributed by atoms with Crippen molar-refractivity contribution in [2.75, 3.05) is 13.7 Å². The Morgan fingerprint density at radius 3 is 2.43 bits per heavy atom. The van der Waals surface area contributed by atoms with E-state index in [0.29, 0.717) is 5.92 Å². The van der Waals surface area contributed by atoms with Crippen LogP contribution in [0.5, 0.6) is 5.75 Å². The standard InChI is InChI=1S/C19H23NO/c1-3-7-18(17-10-12-19(21-2)13-11-17)15-20-14-16-8-5-4-6-9-16/h3-6,8-13,18,20H,1,7,14-15H2,2H3/t18-/m0/s1. The molecule has 1 atom stereocenters. The number of allylic oxidation sites excluding steroid dienone is 1. The lowest BCUT2D eigenvalue weighted by atomic mass is 9.95. The lowest BCUT2D eigenvalue weighted by molar-refractivity contribution is 0.414. The fourth-order valence-electron chi connectivity index (χ4n) is 2.40. The molecule has 0 heterocycles. The number of hydrogen-bond acceptors (Lipinski definition) is 2. The van der Waals surface area contributed by atoms with E-state index in [2.05, 4.69) is 48.3 Å². The van der Waals surface area contributed by atoms with Crippen molar-refractivity contribution in [3.05, 3.63) is 78.4 Å². The minimum absolute atomic E-state index is 0.442. The molecule has 1 N–H and O–H groups in total. The zero-order chi connectivity index (χ0) is 14.9. The summed E-state index contributed by atoms with van der Waals surface area (Å²) in [6.45, 7) is 5.70. The lowest BCUT2D eigenvalue weighted by Gasteiger charge is -2.17. The first-order valence-corrected chi connectivity index (χ1v) is 7.33. The van der Waals surface area contributed by atoms with Crippen molar-refractivity contribution < 1.29 is 4.74 Å². The van der Waals surface area contributed by atoms with Crippen LogP contribution >= 0.6 is 0 Å². The molecule has 21 heavy (non-hydrogen) atoms. The van der Waals surface area contributed by atoms with Gasteiger partial charge >= 0.3 is 0 Å². The van der Waals surface area contributed by atoms with Crippen molar-refractivity contribution >= 4 is 0 Å². The molecule has 0 aliphatic carbocycles. The van der Waals surface area contributed by atoms with E-state index in [0.717, 1.165) is 25.3 Å². The van der Waals surface area contributed by atoms with Crippen LogP contribution in [0.15, 0.2) is 67.3 Å². The molecule has 2 nitrogen and oxygen atoms in total. The summed E-state index contributed by atoms with van der Waals surface area (Å²) in [7, 11) is 1.69. The predicted octanol–water partition coefficient (Wildman–Crippen LogP) is 4.14. The number of nitrogens with one attached hydrogen (secondary N) is 1. The van der Waals surface area contributed by atoms with Crippen LogP contribution < -0.4 is 10.1 Å². The number of rotatable bonds is 8. The van der Waals surface area contributed by atoms with Crippen LogP contribution in [0.4, 0.5) is 0 Å². The molecule has 0 unspecified atom stereocenters. The fraction of sp³-hybridized carbons (Fsp3) is 0.263. The van der Waals surface area contributed by atoms with Crippen molar-refractivity contribution in [1.82, 2.24) is 5.32 Å². The maximum atomic E-state index is 5.21. The second-order valence-corrected chi connectivity index (χ2v) is 5.11. The zero-order valence-corrected chi connectivity index (χ0v) is 12.6. The Bertz CT molecular complexity index is 533. The molecule has 0 radical (unpaired) electrons. The van der Waals surface area contributed by atoms with Crippen molar-refractivity contribution in [3.63, 3.8) is 0 Å². The largest absolute Gasteiger partial charge is 0.497 e. The van der Waals surface area contributed by atoms with E-state index < -0.39 is 0 Å². The summed E-state index contributed by atoms with van der Waals surface area (Å²) in [4.78, 5) is 0. The van der Waals surface area contributed by atoms with E-state index in [9.17, 15) is 0 Å². The molecule has 2 aromatic rings. The highest BCUT2D eigenvalue weighted by molar-refractivity contribution is 5.30. The van der Waals surface area contributed by atoms with E-state index in [1.807, 2.05) is 24.3 Å². The Morgan fingerprint density at radius 2 is 1.81 bits per heavy atom. The Labute approximate surface area is 127 Å². The van der Waals surface area contributed by atoms with E-state index in [4.69, 9.17) is 4.74 Å². The van der Waals surface area contributed by atoms with Gasteiger partial charge in [0.1, 0.15) is 5.75 Å². The van der Waals surface area contributed by atoms with Gasteiger partial charge in [-0.25, -0.2) is 0 Å². The average molecular weight is 281 g/mol. The van der Waals surface area contributed by atoms with Gasteiger partial charge in [0.25, 0.3) is 0 Å². The number of benzene rings is 2. The molecule has 0 aliphatic heterocycles. The first-order chi connectivity index (χ1) is 10.3. The number of hydrogen-bond donors (Lipinski definition) is 1. The highest BCUT2D eigenvalue weighted by atomic mass is 16.5. The quantitative estimate of drug-likeness (QED) is 0.734. The van der Waals surface area contributed by atoms with Gasteiger partial charge in [0.2, 0.25) is 0 Å². The topological polar surface area (TPSA) is 21.3 Å². The fourth-order valence-corrected chi connectivity index (χ4v) is 2.40. The van der Waals surface area contributed by atoms with Crippen molar-refractivity contribution in [2.45, 2.75) is 18.9 Å². The SMILES string of the molecule is C=CC[C@@H](CNCc1ccccc1)c1ccc(OC)cc1. The summed E-state index contributed by atoms with van der Waals surface area (Å²) in [5.41, 5.74) is 2.63. The molecule has 0 spiro atoms. The number of ether oxygens (including phenoxy) is 1.